The predicted octanol–water partition coefficient (Wildman–Crippen LogP) is 4.70. The summed E-state index contributed by atoms with van der Waals surface area (Å²) >= 11 is 0. The van der Waals surface area contributed by atoms with Crippen LogP contribution in [0.1, 0.15) is 35.0 Å². The van der Waals surface area contributed by atoms with Gasteiger partial charge in [0, 0.05) is 29.4 Å². The molecule has 35 heavy (non-hydrogen) atoms. The van der Waals surface area contributed by atoms with E-state index in [9.17, 15) is 4.79 Å². The number of H-pyrrole nitrogens is 1. The summed E-state index contributed by atoms with van der Waals surface area (Å²) in [5.74, 6) is 3.60. The predicted molar refractivity (Wildman–Crippen MR) is 131 cm³/mol. The number of aromatic nitrogens is 1. The Hall–Kier alpha value is -4.07. The zero-order chi connectivity index (χ0) is 24.4. The molecule has 5 rings (SSSR count). The van der Waals surface area contributed by atoms with Crippen molar-refractivity contribution < 1.29 is 28.2 Å². The highest BCUT2D eigenvalue weighted by Crippen LogP contribution is 2.45. The Kier molecular flexibility index (Phi) is 6.27. The van der Waals surface area contributed by atoms with Gasteiger partial charge in [-0.25, -0.2) is 0 Å². The fourth-order valence-electron chi connectivity index (χ4n) is 4.55. The van der Waals surface area contributed by atoms with Crippen LogP contribution >= 0.6 is 0 Å². The van der Waals surface area contributed by atoms with Crippen LogP contribution in [0.25, 0.3) is 10.9 Å². The van der Waals surface area contributed by atoms with Crippen molar-refractivity contribution in [1.29, 1.82) is 0 Å². The fourth-order valence-corrected chi connectivity index (χ4v) is 4.55. The number of nitrogens with one attached hydrogen (secondary N) is 2. The lowest BCUT2D eigenvalue weighted by Gasteiger charge is -2.24. The Morgan fingerprint density at radius 2 is 1.91 bits per heavy atom. The van der Waals surface area contributed by atoms with Crippen LogP contribution in [-0.4, -0.2) is 38.3 Å². The van der Waals surface area contributed by atoms with Crippen molar-refractivity contribution in [3.8, 4) is 23.0 Å². The van der Waals surface area contributed by atoms with Gasteiger partial charge in [0.15, 0.2) is 11.5 Å². The summed E-state index contributed by atoms with van der Waals surface area (Å²) in [5.41, 5.74) is 2.75. The topological polar surface area (TPSA) is 95.0 Å². The molecule has 1 atom stereocenters. The number of hydrogen-bond donors (Lipinski definition) is 2. The summed E-state index contributed by atoms with van der Waals surface area (Å²) in [7, 11) is 3.24. The van der Waals surface area contributed by atoms with Crippen LogP contribution in [0.5, 0.6) is 23.0 Å². The van der Waals surface area contributed by atoms with Crippen LogP contribution in [0.15, 0.2) is 53.1 Å². The third kappa shape index (κ3) is 4.51. The summed E-state index contributed by atoms with van der Waals surface area (Å²) in [5, 5.41) is 3.91. The second-order valence-electron chi connectivity index (χ2n) is 8.42. The van der Waals surface area contributed by atoms with Gasteiger partial charge in [0.2, 0.25) is 11.7 Å². The van der Waals surface area contributed by atoms with Gasteiger partial charge in [-0.2, -0.15) is 0 Å². The van der Waals surface area contributed by atoms with Crippen LogP contribution in [0, 0.1) is 6.92 Å². The Morgan fingerprint density at radius 3 is 2.69 bits per heavy atom. The van der Waals surface area contributed by atoms with E-state index in [4.69, 9.17) is 23.4 Å². The first-order valence-corrected chi connectivity index (χ1v) is 11.5. The summed E-state index contributed by atoms with van der Waals surface area (Å²) in [6.45, 7) is 3.11. The molecule has 2 aromatic heterocycles. The molecule has 0 spiro atoms. The van der Waals surface area contributed by atoms with E-state index in [1.807, 2.05) is 55.6 Å². The number of fused-ring (bicyclic) bond motifs is 2. The molecular formula is C27H28N2O6. The third-order valence-electron chi connectivity index (χ3n) is 6.19. The molecule has 4 aromatic rings. The number of furan rings is 1. The second kappa shape index (κ2) is 9.66. The van der Waals surface area contributed by atoms with Crippen LogP contribution in [0.4, 0.5) is 0 Å². The van der Waals surface area contributed by atoms with E-state index in [2.05, 4.69) is 10.3 Å². The molecule has 1 aliphatic rings. The van der Waals surface area contributed by atoms with Crippen molar-refractivity contribution in [3.05, 3.63) is 71.3 Å². The smallest absolute Gasteiger partial charge is 0.221 e. The van der Waals surface area contributed by atoms with Gasteiger partial charge in [0.25, 0.3) is 0 Å². The molecule has 0 fully saturated rings. The fraction of sp³-hybridized carbons (Fsp3) is 0.296. The minimum Gasteiger partial charge on any atom is -0.496 e. The lowest BCUT2D eigenvalue weighted by atomic mass is 9.87. The first-order valence-electron chi connectivity index (χ1n) is 11.5. The standard InChI is InChI=1S/C27H28N2O6/c1-16-7-8-18(35-16)14-29-25(30)13-19(20-15-28-21-5-4-6-22(31-2)26(20)21)17-11-23(32-3)27-24(12-17)33-9-10-34-27/h4-8,11-12,15,19,28H,9-10,13-14H2,1-3H3,(H,29,30)/t19-/m1/s1. The lowest BCUT2D eigenvalue weighted by molar-refractivity contribution is -0.121. The molecular weight excluding hydrogens is 448 g/mol. The summed E-state index contributed by atoms with van der Waals surface area (Å²) in [6.07, 6.45) is 2.14. The van der Waals surface area contributed by atoms with Crippen LogP contribution in [0.2, 0.25) is 0 Å². The molecule has 8 heteroatoms. The Morgan fingerprint density at radius 1 is 1.09 bits per heavy atom. The average molecular weight is 477 g/mol. The minimum atomic E-state index is -0.303. The van der Waals surface area contributed by atoms with Crippen molar-refractivity contribution in [2.75, 3.05) is 27.4 Å². The highest BCUT2D eigenvalue weighted by molar-refractivity contribution is 5.91. The highest BCUT2D eigenvalue weighted by Gasteiger charge is 2.27. The number of benzene rings is 2. The molecule has 0 unspecified atom stereocenters. The molecule has 1 amide bonds. The number of carbonyl (C=O) groups excluding carboxylic acids is 1. The zero-order valence-electron chi connectivity index (χ0n) is 20.0. The summed E-state index contributed by atoms with van der Waals surface area (Å²) in [6, 6.07) is 13.4. The number of aryl methyl sites for hydroxylation is 1. The maximum atomic E-state index is 13.2. The average Bonchev–Trinajstić information content (AvgIpc) is 3.51. The Bertz CT molecular complexity index is 1340. The molecule has 0 aliphatic carbocycles. The lowest BCUT2D eigenvalue weighted by Crippen LogP contribution is -2.25. The van der Waals surface area contributed by atoms with E-state index in [0.717, 1.165) is 33.5 Å². The number of hydrogen-bond acceptors (Lipinski definition) is 6. The first kappa shape index (κ1) is 22.7. The molecule has 0 bridgehead atoms. The molecule has 182 valence electrons. The number of rotatable bonds is 8. The van der Waals surface area contributed by atoms with Gasteiger partial charge in [-0.3, -0.25) is 4.79 Å². The van der Waals surface area contributed by atoms with Gasteiger partial charge in [0.1, 0.15) is 30.5 Å². The number of aromatic amines is 1. The number of methoxy groups -OCH3 is 2. The molecule has 8 nitrogen and oxygen atoms in total. The summed E-state index contributed by atoms with van der Waals surface area (Å²) in [4.78, 5) is 16.5. The SMILES string of the molecule is COc1cc([C@@H](CC(=O)NCc2ccc(C)o2)c2c[nH]c3cccc(OC)c23)cc2c1OCCO2. The molecule has 0 saturated carbocycles. The quantitative estimate of drug-likeness (QED) is 0.383. The van der Waals surface area contributed by atoms with Crippen LogP contribution in [-0.2, 0) is 11.3 Å². The molecule has 0 radical (unpaired) electrons. The van der Waals surface area contributed by atoms with Crippen LogP contribution in [0.3, 0.4) is 0 Å². The van der Waals surface area contributed by atoms with Crippen LogP contribution < -0.4 is 24.3 Å². The van der Waals surface area contributed by atoms with Crippen molar-refractivity contribution >= 4 is 16.8 Å². The largest absolute Gasteiger partial charge is 0.496 e. The normalized spacial score (nSPS) is 13.5. The van der Waals surface area contributed by atoms with Gasteiger partial charge in [-0.05, 0) is 54.4 Å². The number of carbonyl (C=O) groups is 1. The van der Waals surface area contributed by atoms with Crippen molar-refractivity contribution in [2.45, 2.75) is 25.8 Å². The molecule has 2 N–H and O–H groups in total. The number of ether oxygens (including phenoxy) is 4. The Balaban J connectivity index is 1.54. The van der Waals surface area contributed by atoms with Gasteiger partial charge in [-0.1, -0.05) is 6.07 Å². The van der Waals surface area contributed by atoms with Gasteiger partial charge >= 0.3 is 0 Å². The van der Waals surface area contributed by atoms with Crippen molar-refractivity contribution in [2.24, 2.45) is 0 Å². The molecule has 3 heterocycles. The van der Waals surface area contributed by atoms with E-state index >= 15 is 0 Å². The highest BCUT2D eigenvalue weighted by atomic mass is 16.6. The summed E-state index contributed by atoms with van der Waals surface area (Å²) < 4.78 is 28.5. The van der Waals surface area contributed by atoms with E-state index < -0.39 is 0 Å². The third-order valence-corrected chi connectivity index (χ3v) is 6.19. The van der Waals surface area contributed by atoms with E-state index in [-0.39, 0.29) is 18.2 Å². The van der Waals surface area contributed by atoms with E-state index in [1.54, 1.807) is 14.2 Å². The van der Waals surface area contributed by atoms with E-state index in [0.29, 0.717) is 42.8 Å². The zero-order valence-corrected chi connectivity index (χ0v) is 20.0. The molecule has 0 saturated heterocycles. The second-order valence-corrected chi connectivity index (χ2v) is 8.42. The van der Waals surface area contributed by atoms with E-state index in [1.165, 1.54) is 0 Å². The molecule has 1 aliphatic heterocycles. The van der Waals surface area contributed by atoms with Gasteiger partial charge in [0.05, 0.1) is 20.8 Å². The maximum absolute atomic E-state index is 13.2. The monoisotopic (exact) mass is 476 g/mol. The van der Waals surface area contributed by atoms with Crippen molar-refractivity contribution in [3.63, 3.8) is 0 Å². The van der Waals surface area contributed by atoms with Gasteiger partial charge < -0.3 is 33.7 Å². The Labute approximate surface area is 203 Å². The maximum Gasteiger partial charge on any atom is 0.221 e. The minimum absolute atomic E-state index is 0.109. The molecule has 2 aromatic carbocycles. The van der Waals surface area contributed by atoms with Gasteiger partial charge in [-0.15, -0.1) is 0 Å². The number of amides is 1. The van der Waals surface area contributed by atoms with Crippen molar-refractivity contribution in [1.82, 2.24) is 10.3 Å². The first-order chi connectivity index (χ1) is 17.1.